The predicted molar refractivity (Wildman–Crippen MR) is 37.7 cm³/mol. The number of nitrogens with one attached hydrogen (secondary N) is 1. The fourth-order valence-electron chi connectivity index (χ4n) is 1.90. The smallest absolute Gasteiger partial charge is 0.114 e. The number of piperazine rings is 1. The molecular weight excluding hydrogens is 131 g/mol. The van der Waals surface area contributed by atoms with Crippen LogP contribution in [0.4, 0.5) is 4.39 Å². The van der Waals surface area contributed by atoms with E-state index in [4.69, 9.17) is 0 Å². The van der Waals surface area contributed by atoms with Crippen LogP contribution in [0.1, 0.15) is 6.42 Å². The summed E-state index contributed by atoms with van der Waals surface area (Å²) in [6.45, 7) is 3.72. The molecule has 0 aromatic heterocycles. The Hall–Kier alpha value is -0.150. The average molecular weight is 144 g/mol. The van der Waals surface area contributed by atoms with E-state index in [-0.39, 0.29) is 0 Å². The van der Waals surface area contributed by atoms with Gasteiger partial charge in [0.05, 0.1) is 0 Å². The minimum absolute atomic E-state index is 0.490. The van der Waals surface area contributed by atoms with Crippen LogP contribution < -0.4 is 5.32 Å². The second-order valence-corrected chi connectivity index (χ2v) is 3.19. The number of halogens is 1. The summed E-state index contributed by atoms with van der Waals surface area (Å²) < 4.78 is 12.8. The molecule has 2 atom stereocenters. The normalized spacial score (nSPS) is 41.7. The van der Waals surface area contributed by atoms with Crippen LogP contribution in [0.25, 0.3) is 0 Å². The van der Waals surface area contributed by atoms with Gasteiger partial charge < -0.3 is 5.32 Å². The Labute approximate surface area is 60.4 Å². The van der Waals surface area contributed by atoms with E-state index in [0.29, 0.717) is 12.6 Å². The molecule has 2 heterocycles. The van der Waals surface area contributed by atoms with Crippen LogP contribution in [0.15, 0.2) is 0 Å². The second kappa shape index (κ2) is 2.47. The highest BCUT2D eigenvalue weighted by Crippen LogP contribution is 2.20. The molecule has 2 rings (SSSR count). The first-order valence-electron chi connectivity index (χ1n) is 3.95. The van der Waals surface area contributed by atoms with Crippen molar-refractivity contribution in [3.05, 3.63) is 0 Å². The summed E-state index contributed by atoms with van der Waals surface area (Å²) in [6.07, 6.45) is 0.178. The molecule has 0 aromatic carbocycles. The molecular formula is C7H13FN2. The maximum absolute atomic E-state index is 12.8. The summed E-state index contributed by atoms with van der Waals surface area (Å²) in [6, 6.07) is 0.490. The summed E-state index contributed by atoms with van der Waals surface area (Å²) in [5, 5.41) is 3.27. The number of alkyl halides is 1. The molecule has 2 aliphatic heterocycles. The third-order valence-corrected chi connectivity index (χ3v) is 2.43. The van der Waals surface area contributed by atoms with E-state index >= 15 is 0 Å². The Morgan fingerprint density at radius 2 is 2.40 bits per heavy atom. The van der Waals surface area contributed by atoms with E-state index in [1.165, 1.54) is 0 Å². The van der Waals surface area contributed by atoms with Gasteiger partial charge in [0.1, 0.15) is 6.17 Å². The zero-order valence-corrected chi connectivity index (χ0v) is 6.02. The molecule has 10 heavy (non-hydrogen) atoms. The van der Waals surface area contributed by atoms with Gasteiger partial charge in [-0.15, -0.1) is 0 Å². The van der Waals surface area contributed by atoms with E-state index in [0.717, 1.165) is 26.1 Å². The first-order valence-corrected chi connectivity index (χ1v) is 3.95. The molecule has 0 amide bonds. The lowest BCUT2D eigenvalue weighted by molar-refractivity contribution is 0.207. The first kappa shape index (κ1) is 6.55. The Kier molecular flexibility index (Phi) is 1.62. The number of rotatable bonds is 0. The predicted octanol–water partition coefficient (Wildman–Crippen LogP) is 0.00200. The van der Waals surface area contributed by atoms with Crippen molar-refractivity contribution in [2.75, 3.05) is 26.2 Å². The molecule has 3 heteroatoms. The number of hydrogen-bond donors (Lipinski definition) is 1. The lowest BCUT2D eigenvalue weighted by Gasteiger charge is -2.29. The monoisotopic (exact) mass is 144 g/mol. The minimum Gasteiger partial charge on any atom is -0.314 e. The zero-order valence-electron chi connectivity index (χ0n) is 6.02. The third kappa shape index (κ3) is 1.04. The lowest BCUT2D eigenvalue weighted by atomic mass is 10.2. The minimum atomic E-state index is -0.565. The summed E-state index contributed by atoms with van der Waals surface area (Å²) in [7, 11) is 0. The molecule has 0 aliphatic carbocycles. The van der Waals surface area contributed by atoms with Gasteiger partial charge in [0.25, 0.3) is 0 Å². The molecule has 0 aromatic rings. The molecule has 2 aliphatic rings. The van der Waals surface area contributed by atoms with Gasteiger partial charge in [-0.2, -0.15) is 0 Å². The Morgan fingerprint density at radius 3 is 3.20 bits per heavy atom. The van der Waals surface area contributed by atoms with Crippen LogP contribution in [-0.2, 0) is 0 Å². The maximum Gasteiger partial charge on any atom is 0.114 e. The fourth-order valence-corrected chi connectivity index (χ4v) is 1.90. The van der Waals surface area contributed by atoms with Crippen LogP contribution in [0, 0.1) is 0 Å². The van der Waals surface area contributed by atoms with E-state index in [1.54, 1.807) is 0 Å². The van der Waals surface area contributed by atoms with E-state index in [2.05, 4.69) is 10.2 Å². The Bertz CT molecular complexity index is 115. The van der Waals surface area contributed by atoms with Crippen LogP contribution in [0.2, 0.25) is 0 Å². The molecule has 1 N–H and O–H groups in total. The number of nitrogens with zero attached hydrogens (tertiary/aromatic N) is 1. The number of hydrogen-bond acceptors (Lipinski definition) is 2. The van der Waals surface area contributed by atoms with E-state index < -0.39 is 6.17 Å². The molecule has 2 saturated heterocycles. The quantitative estimate of drug-likeness (QED) is 0.515. The van der Waals surface area contributed by atoms with Gasteiger partial charge in [-0.3, -0.25) is 4.90 Å². The van der Waals surface area contributed by atoms with Crippen molar-refractivity contribution in [1.82, 2.24) is 10.2 Å². The molecule has 0 bridgehead atoms. The summed E-state index contributed by atoms with van der Waals surface area (Å²) in [5.74, 6) is 0. The standard InChI is InChI=1S/C7H13FN2/c8-6-3-7-4-9-1-2-10(7)5-6/h6-7,9H,1-5H2/t6-,7+/m0/s1. The van der Waals surface area contributed by atoms with Gasteiger partial charge in [-0.1, -0.05) is 0 Å². The van der Waals surface area contributed by atoms with Gasteiger partial charge >= 0.3 is 0 Å². The van der Waals surface area contributed by atoms with Gasteiger partial charge in [-0.25, -0.2) is 4.39 Å². The molecule has 0 unspecified atom stereocenters. The van der Waals surface area contributed by atoms with Crippen molar-refractivity contribution in [1.29, 1.82) is 0 Å². The largest absolute Gasteiger partial charge is 0.314 e. The van der Waals surface area contributed by atoms with Gasteiger partial charge in [0, 0.05) is 32.2 Å². The summed E-state index contributed by atoms with van der Waals surface area (Å²) in [4.78, 5) is 2.25. The van der Waals surface area contributed by atoms with Crippen molar-refractivity contribution < 1.29 is 4.39 Å². The lowest BCUT2D eigenvalue weighted by Crippen LogP contribution is -2.47. The highest BCUT2D eigenvalue weighted by atomic mass is 19.1. The Morgan fingerprint density at radius 1 is 1.50 bits per heavy atom. The van der Waals surface area contributed by atoms with Crippen LogP contribution in [0.3, 0.4) is 0 Å². The van der Waals surface area contributed by atoms with Crippen molar-refractivity contribution >= 4 is 0 Å². The topological polar surface area (TPSA) is 15.3 Å². The molecule has 0 radical (unpaired) electrons. The third-order valence-electron chi connectivity index (χ3n) is 2.43. The van der Waals surface area contributed by atoms with E-state index in [1.807, 2.05) is 0 Å². The summed E-state index contributed by atoms with van der Waals surface area (Å²) in [5.41, 5.74) is 0. The fraction of sp³-hybridized carbons (Fsp3) is 1.00. The van der Waals surface area contributed by atoms with Crippen molar-refractivity contribution in [3.8, 4) is 0 Å². The van der Waals surface area contributed by atoms with Gasteiger partial charge in [-0.05, 0) is 6.42 Å². The van der Waals surface area contributed by atoms with Crippen LogP contribution >= 0.6 is 0 Å². The molecule has 58 valence electrons. The SMILES string of the molecule is F[C@H]1C[C@@H]2CNCCN2C1. The molecule has 0 spiro atoms. The van der Waals surface area contributed by atoms with Gasteiger partial charge in [0.15, 0.2) is 0 Å². The van der Waals surface area contributed by atoms with Crippen molar-refractivity contribution in [2.45, 2.75) is 18.6 Å². The molecule has 2 nitrogen and oxygen atoms in total. The summed E-state index contributed by atoms with van der Waals surface area (Å²) >= 11 is 0. The maximum atomic E-state index is 12.8. The highest BCUT2D eigenvalue weighted by molar-refractivity contribution is 4.89. The first-order chi connectivity index (χ1) is 4.86. The molecule has 2 fully saturated rings. The van der Waals surface area contributed by atoms with Gasteiger partial charge in [0.2, 0.25) is 0 Å². The highest BCUT2D eigenvalue weighted by Gasteiger charge is 2.32. The van der Waals surface area contributed by atoms with Crippen LogP contribution in [0.5, 0.6) is 0 Å². The zero-order chi connectivity index (χ0) is 6.97. The number of fused-ring (bicyclic) bond motifs is 1. The van der Waals surface area contributed by atoms with E-state index in [9.17, 15) is 4.39 Å². The van der Waals surface area contributed by atoms with Crippen molar-refractivity contribution in [3.63, 3.8) is 0 Å². The van der Waals surface area contributed by atoms with Crippen LogP contribution in [-0.4, -0.2) is 43.3 Å². The van der Waals surface area contributed by atoms with Crippen molar-refractivity contribution in [2.24, 2.45) is 0 Å². The Balaban J connectivity index is 1.97. The average Bonchev–Trinajstić information content (AvgIpc) is 2.27. The second-order valence-electron chi connectivity index (χ2n) is 3.19. The molecule has 0 saturated carbocycles.